The molecule has 0 aliphatic carbocycles. The molecule has 1 N–H and O–H groups in total. The Morgan fingerprint density at radius 1 is 1.05 bits per heavy atom. The summed E-state index contributed by atoms with van der Waals surface area (Å²) in [6, 6.07) is 15.2. The van der Waals surface area contributed by atoms with Gasteiger partial charge in [0, 0.05) is 6.07 Å². The Balaban J connectivity index is 1.92. The molecule has 0 radical (unpaired) electrons. The van der Waals surface area contributed by atoms with Crippen LogP contribution in [0.5, 0.6) is 0 Å². The first-order valence-electron chi connectivity index (χ1n) is 7.15. The molecule has 0 amide bonds. The molecule has 0 aliphatic heterocycles. The quantitative estimate of drug-likeness (QED) is 0.782. The maximum Gasteiger partial charge on any atom is 0.251 e. The summed E-state index contributed by atoms with van der Waals surface area (Å²) in [5.74, 6) is 1.68. The summed E-state index contributed by atoms with van der Waals surface area (Å²) < 4.78 is 7.51. The number of para-hydroxylation sites is 1. The Hall–Kier alpha value is -2.33. The molecule has 3 rings (SSSR count). The number of hydrogen-bond donors (Lipinski definition) is 1. The van der Waals surface area contributed by atoms with E-state index in [1.54, 1.807) is 10.6 Å². The van der Waals surface area contributed by atoms with Gasteiger partial charge in [-0.1, -0.05) is 25.1 Å². The molecular formula is C17H18N2O2. The van der Waals surface area contributed by atoms with Crippen molar-refractivity contribution >= 4 is 10.9 Å². The molecule has 108 valence electrons. The lowest BCUT2D eigenvalue weighted by molar-refractivity contribution is 0.440. The highest BCUT2D eigenvalue weighted by Crippen LogP contribution is 2.14. The summed E-state index contributed by atoms with van der Waals surface area (Å²) in [6.07, 6.45) is 0. The van der Waals surface area contributed by atoms with Crippen LogP contribution in [0.1, 0.15) is 18.4 Å². The highest BCUT2D eigenvalue weighted by atomic mass is 16.3. The number of hydrogen-bond acceptors (Lipinski definition) is 3. The van der Waals surface area contributed by atoms with E-state index in [0.29, 0.717) is 13.1 Å². The standard InChI is InChI=1S/C17H18N2O2/c1-2-18-11-14-8-9-15(21-14)12-19-16-6-4-3-5-13(16)7-10-17(19)20/h3-10,18H,2,11-12H2,1H3. The minimum absolute atomic E-state index is 0.0154. The first-order valence-corrected chi connectivity index (χ1v) is 7.15. The van der Waals surface area contributed by atoms with Gasteiger partial charge in [-0.15, -0.1) is 0 Å². The Morgan fingerprint density at radius 3 is 2.71 bits per heavy atom. The molecule has 0 bridgehead atoms. The van der Waals surface area contributed by atoms with E-state index in [0.717, 1.165) is 29.0 Å². The van der Waals surface area contributed by atoms with Crippen LogP contribution in [0.25, 0.3) is 10.9 Å². The third kappa shape index (κ3) is 2.90. The van der Waals surface area contributed by atoms with E-state index in [1.165, 1.54) is 0 Å². The number of nitrogens with zero attached hydrogens (tertiary/aromatic N) is 1. The highest BCUT2D eigenvalue weighted by Gasteiger charge is 2.07. The number of pyridine rings is 1. The predicted octanol–water partition coefficient (Wildman–Crippen LogP) is 2.75. The van der Waals surface area contributed by atoms with Crippen molar-refractivity contribution in [2.45, 2.75) is 20.0 Å². The second kappa shape index (κ2) is 5.97. The maximum absolute atomic E-state index is 12.1. The molecule has 0 saturated carbocycles. The summed E-state index contributed by atoms with van der Waals surface area (Å²) in [5.41, 5.74) is 0.910. The molecule has 1 aromatic carbocycles. The van der Waals surface area contributed by atoms with Gasteiger partial charge in [0.25, 0.3) is 5.56 Å². The van der Waals surface area contributed by atoms with Gasteiger partial charge in [-0.25, -0.2) is 0 Å². The summed E-state index contributed by atoms with van der Waals surface area (Å²) >= 11 is 0. The van der Waals surface area contributed by atoms with Gasteiger partial charge in [-0.2, -0.15) is 0 Å². The average molecular weight is 282 g/mol. The van der Waals surface area contributed by atoms with Crippen molar-refractivity contribution in [1.29, 1.82) is 0 Å². The van der Waals surface area contributed by atoms with E-state index in [9.17, 15) is 4.79 Å². The summed E-state index contributed by atoms with van der Waals surface area (Å²) in [5, 5.41) is 4.27. The molecular weight excluding hydrogens is 264 g/mol. The average Bonchev–Trinajstić information content (AvgIpc) is 2.96. The molecule has 0 spiro atoms. The van der Waals surface area contributed by atoms with E-state index >= 15 is 0 Å². The van der Waals surface area contributed by atoms with Gasteiger partial charge in [0.1, 0.15) is 11.5 Å². The molecule has 2 heterocycles. The largest absolute Gasteiger partial charge is 0.463 e. The van der Waals surface area contributed by atoms with E-state index in [1.807, 2.05) is 42.5 Å². The third-order valence-electron chi connectivity index (χ3n) is 3.48. The fourth-order valence-electron chi connectivity index (χ4n) is 2.41. The van der Waals surface area contributed by atoms with Crippen LogP contribution in [0, 0.1) is 0 Å². The van der Waals surface area contributed by atoms with Gasteiger partial charge in [-0.05, 0) is 36.2 Å². The number of fused-ring (bicyclic) bond motifs is 1. The summed E-state index contributed by atoms with van der Waals surface area (Å²) in [4.78, 5) is 12.1. The van der Waals surface area contributed by atoms with Gasteiger partial charge < -0.3 is 14.3 Å². The zero-order chi connectivity index (χ0) is 14.7. The number of furan rings is 1. The normalized spacial score (nSPS) is 11.1. The third-order valence-corrected chi connectivity index (χ3v) is 3.48. The molecule has 21 heavy (non-hydrogen) atoms. The van der Waals surface area contributed by atoms with Gasteiger partial charge in [0.15, 0.2) is 0 Å². The van der Waals surface area contributed by atoms with Crippen molar-refractivity contribution in [2.24, 2.45) is 0 Å². The second-order valence-electron chi connectivity index (χ2n) is 4.96. The van der Waals surface area contributed by atoms with Gasteiger partial charge in [0.2, 0.25) is 0 Å². The number of benzene rings is 1. The van der Waals surface area contributed by atoms with Gasteiger partial charge >= 0.3 is 0 Å². The first-order chi connectivity index (χ1) is 10.3. The predicted molar refractivity (Wildman–Crippen MR) is 83.4 cm³/mol. The summed E-state index contributed by atoms with van der Waals surface area (Å²) in [7, 11) is 0. The van der Waals surface area contributed by atoms with Crippen LogP contribution in [0.4, 0.5) is 0 Å². The van der Waals surface area contributed by atoms with Crippen LogP contribution < -0.4 is 10.9 Å². The van der Waals surface area contributed by atoms with Crippen LogP contribution in [0.2, 0.25) is 0 Å². The molecule has 0 saturated heterocycles. The van der Waals surface area contributed by atoms with E-state index in [-0.39, 0.29) is 5.56 Å². The van der Waals surface area contributed by atoms with Gasteiger partial charge in [0.05, 0.1) is 18.6 Å². The van der Waals surface area contributed by atoms with E-state index in [4.69, 9.17) is 4.42 Å². The van der Waals surface area contributed by atoms with Crippen molar-refractivity contribution in [3.05, 3.63) is 70.4 Å². The monoisotopic (exact) mass is 282 g/mol. The van der Waals surface area contributed by atoms with Crippen LogP contribution in [-0.4, -0.2) is 11.1 Å². The molecule has 0 fully saturated rings. The number of nitrogens with one attached hydrogen (secondary N) is 1. The van der Waals surface area contributed by atoms with E-state index in [2.05, 4.69) is 12.2 Å². The van der Waals surface area contributed by atoms with Crippen LogP contribution in [0.15, 0.2) is 57.7 Å². The van der Waals surface area contributed by atoms with Crippen molar-refractivity contribution < 1.29 is 4.42 Å². The first kappa shape index (κ1) is 13.6. The van der Waals surface area contributed by atoms with Crippen molar-refractivity contribution in [3.8, 4) is 0 Å². The minimum atomic E-state index is -0.0154. The Bertz CT molecular complexity index is 802. The fraction of sp³-hybridized carbons (Fsp3) is 0.235. The lowest BCUT2D eigenvalue weighted by Gasteiger charge is -2.08. The second-order valence-corrected chi connectivity index (χ2v) is 4.96. The number of aromatic nitrogens is 1. The molecule has 3 aromatic rings. The van der Waals surface area contributed by atoms with E-state index < -0.39 is 0 Å². The van der Waals surface area contributed by atoms with Crippen molar-refractivity contribution in [3.63, 3.8) is 0 Å². The SMILES string of the molecule is CCNCc1ccc(Cn2c(=O)ccc3ccccc32)o1. The van der Waals surface area contributed by atoms with Gasteiger partial charge in [-0.3, -0.25) is 4.79 Å². The molecule has 2 aromatic heterocycles. The summed E-state index contributed by atoms with van der Waals surface area (Å²) in [6.45, 7) is 4.12. The molecule has 0 atom stereocenters. The Labute approximate surface area is 123 Å². The Morgan fingerprint density at radius 2 is 1.86 bits per heavy atom. The minimum Gasteiger partial charge on any atom is -0.463 e. The van der Waals surface area contributed by atoms with Crippen LogP contribution in [-0.2, 0) is 13.1 Å². The topological polar surface area (TPSA) is 47.2 Å². The fourth-order valence-corrected chi connectivity index (χ4v) is 2.41. The smallest absolute Gasteiger partial charge is 0.251 e. The maximum atomic E-state index is 12.1. The van der Waals surface area contributed by atoms with Crippen molar-refractivity contribution in [1.82, 2.24) is 9.88 Å². The molecule has 4 nitrogen and oxygen atoms in total. The molecule has 0 aliphatic rings. The zero-order valence-electron chi connectivity index (χ0n) is 12.0. The van der Waals surface area contributed by atoms with Crippen LogP contribution >= 0.6 is 0 Å². The zero-order valence-corrected chi connectivity index (χ0v) is 12.0. The Kier molecular flexibility index (Phi) is 3.88. The van der Waals surface area contributed by atoms with Crippen LogP contribution in [0.3, 0.4) is 0 Å². The van der Waals surface area contributed by atoms with Crippen molar-refractivity contribution in [2.75, 3.05) is 6.54 Å². The highest BCUT2D eigenvalue weighted by molar-refractivity contribution is 5.78. The lowest BCUT2D eigenvalue weighted by Crippen LogP contribution is -2.19. The lowest BCUT2D eigenvalue weighted by atomic mass is 10.2. The molecule has 0 unspecified atom stereocenters. The molecule has 4 heteroatoms. The number of rotatable bonds is 5.